The molecule has 0 unspecified atom stereocenters. The third-order valence-electron chi connectivity index (χ3n) is 4.07. The van der Waals surface area contributed by atoms with Gasteiger partial charge in [-0.2, -0.15) is 0 Å². The number of rotatable bonds is 13. The van der Waals surface area contributed by atoms with E-state index in [9.17, 15) is 4.39 Å². The van der Waals surface area contributed by atoms with Crippen LogP contribution in [0.2, 0.25) is 0 Å². The fraction of sp³-hybridized carbons (Fsp3) is 0.455. The fourth-order valence-electron chi connectivity index (χ4n) is 2.46. The third kappa shape index (κ3) is 11.8. The van der Waals surface area contributed by atoms with Crippen molar-refractivity contribution in [2.75, 3.05) is 40.0 Å². The molecule has 0 fully saturated rings. The predicted octanol–water partition coefficient (Wildman–Crippen LogP) is 4.13. The number of nitrogens with zero attached hydrogens (tertiary/aromatic N) is 2. The van der Waals surface area contributed by atoms with Gasteiger partial charge < -0.3 is 24.8 Å². The van der Waals surface area contributed by atoms with Gasteiger partial charge in [0.15, 0.2) is 5.96 Å². The Balaban J connectivity index is 0.00000480. The summed E-state index contributed by atoms with van der Waals surface area (Å²) in [5, 5.41) is 6.44. The third-order valence-corrected chi connectivity index (χ3v) is 4.07. The quantitative estimate of drug-likeness (QED) is 0.170. The van der Waals surface area contributed by atoms with E-state index in [1.807, 2.05) is 12.1 Å². The van der Waals surface area contributed by atoms with Gasteiger partial charge in [0.25, 0.3) is 0 Å². The summed E-state index contributed by atoms with van der Waals surface area (Å²) in [6.45, 7) is 5.91. The second-order valence-electron chi connectivity index (χ2n) is 6.49. The highest BCUT2D eigenvalue weighted by Crippen LogP contribution is 2.20. The molecule has 0 radical (unpaired) electrons. The molecule has 0 saturated carbocycles. The van der Waals surface area contributed by atoms with Crippen molar-refractivity contribution in [2.45, 2.75) is 26.3 Å². The monoisotopic (exact) mass is 546 g/mol. The Morgan fingerprint density at radius 1 is 1.03 bits per heavy atom. The van der Waals surface area contributed by atoms with Gasteiger partial charge in [-0.25, -0.2) is 9.37 Å². The second-order valence-corrected chi connectivity index (χ2v) is 6.49. The van der Waals surface area contributed by atoms with E-state index in [2.05, 4.69) is 27.5 Å². The maximum atomic E-state index is 13.0. The predicted molar refractivity (Wildman–Crippen MR) is 131 cm³/mol. The van der Waals surface area contributed by atoms with Gasteiger partial charge in [0.1, 0.15) is 11.6 Å². The number of hydrogen-bond donors (Lipinski definition) is 2. The Morgan fingerprint density at radius 3 is 2.48 bits per heavy atom. The number of hydrogen-bond acceptors (Lipinski definition) is 5. The molecule has 9 heteroatoms. The van der Waals surface area contributed by atoms with E-state index in [4.69, 9.17) is 14.2 Å². The first-order valence-corrected chi connectivity index (χ1v) is 10.2. The van der Waals surface area contributed by atoms with Gasteiger partial charge in [0.05, 0.1) is 19.8 Å². The fourth-order valence-corrected chi connectivity index (χ4v) is 2.46. The minimum atomic E-state index is -0.308. The SMILES string of the molecule is CCCCOCCOCCNC(=NC)NCc1ccnc(Oc2ccc(F)cc2)c1.I. The highest BCUT2D eigenvalue weighted by atomic mass is 127. The number of aromatic nitrogens is 1. The Kier molecular flexibility index (Phi) is 14.6. The molecular formula is C22H32FIN4O3. The van der Waals surface area contributed by atoms with Gasteiger partial charge in [-0.3, -0.25) is 4.99 Å². The summed E-state index contributed by atoms with van der Waals surface area (Å²) < 4.78 is 29.6. The molecule has 1 heterocycles. The van der Waals surface area contributed by atoms with Gasteiger partial charge in [-0.1, -0.05) is 13.3 Å². The molecule has 0 bridgehead atoms. The molecule has 1 aromatic heterocycles. The summed E-state index contributed by atoms with van der Waals surface area (Å²) in [6, 6.07) is 9.53. The van der Waals surface area contributed by atoms with Crippen molar-refractivity contribution < 1.29 is 18.6 Å². The van der Waals surface area contributed by atoms with Crippen LogP contribution in [-0.4, -0.2) is 51.0 Å². The summed E-state index contributed by atoms with van der Waals surface area (Å²) in [6.07, 6.45) is 3.89. The summed E-state index contributed by atoms with van der Waals surface area (Å²) in [5.74, 6) is 1.34. The van der Waals surface area contributed by atoms with E-state index in [-0.39, 0.29) is 29.8 Å². The van der Waals surface area contributed by atoms with Crippen molar-refractivity contribution in [2.24, 2.45) is 4.99 Å². The zero-order valence-electron chi connectivity index (χ0n) is 18.1. The molecule has 0 aliphatic carbocycles. The number of aliphatic imine (C=N–C) groups is 1. The molecule has 2 rings (SSSR count). The zero-order chi connectivity index (χ0) is 21.4. The standard InChI is InChI=1S/C22H31FN4O3.HI/c1-3-4-12-28-14-15-29-13-11-26-22(24-2)27-17-18-9-10-25-21(16-18)30-20-7-5-19(23)6-8-20;/h5-10,16H,3-4,11-15,17H2,1-2H3,(H2,24,26,27);1H. The summed E-state index contributed by atoms with van der Waals surface area (Å²) in [5.41, 5.74) is 0.977. The molecule has 0 atom stereocenters. The molecule has 0 spiro atoms. The average molecular weight is 546 g/mol. The highest BCUT2D eigenvalue weighted by Gasteiger charge is 2.03. The number of unbranched alkanes of at least 4 members (excludes halogenated alkanes) is 1. The van der Waals surface area contributed by atoms with E-state index < -0.39 is 0 Å². The number of ether oxygens (including phenoxy) is 3. The van der Waals surface area contributed by atoms with Crippen LogP contribution in [0.15, 0.2) is 47.6 Å². The molecule has 1 aromatic carbocycles. The first-order chi connectivity index (χ1) is 14.7. The van der Waals surface area contributed by atoms with E-state index in [0.29, 0.717) is 50.5 Å². The molecule has 0 saturated heterocycles. The minimum absolute atomic E-state index is 0. The van der Waals surface area contributed by atoms with Crippen molar-refractivity contribution in [3.63, 3.8) is 0 Å². The molecule has 2 aromatic rings. The van der Waals surface area contributed by atoms with Gasteiger partial charge in [0.2, 0.25) is 5.88 Å². The topological polar surface area (TPSA) is 77.0 Å². The molecule has 0 aliphatic rings. The van der Waals surface area contributed by atoms with Crippen molar-refractivity contribution in [3.05, 3.63) is 54.0 Å². The molecular weight excluding hydrogens is 514 g/mol. The Bertz CT molecular complexity index is 763. The van der Waals surface area contributed by atoms with E-state index in [0.717, 1.165) is 25.0 Å². The van der Waals surface area contributed by atoms with Crippen molar-refractivity contribution in [1.82, 2.24) is 15.6 Å². The van der Waals surface area contributed by atoms with E-state index in [1.165, 1.54) is 12.1 Å². The van der Waals surface area contributed by atoms with Crippen LogP contribution in [0.4, 0.5) is 4.39 Å². The van der Waals surface area contributed by atoms with Gasteiger partial charge in [0, 0.05) is 39.0 Å². The first kappa shape index (κ1) is 27.1. The maximum absolute atomic E-state index is 13.0. The van der Waals surface area contributed by atoms with Crippen molar-refractivity contribution in [3.8, 4) is 11.6 Å². The van der Waals surface area contributed by atoms with Crippen LogP contribution in [0.3, 0.4) is 0 Å². The van der Waals surface area contributed by atoms with Crippen LogP contribution in [0.1, 0.15) is 25.3 Å². The summed E-state index contributed by atoms with van der Waals surface area (Å²) in [4.78, 5) is 8.39. The summed E-state index contributed by atoms with van der Waals surface area (Å²) >= 11 is 0. The molecule has 31 heavy (non-hydrogen) atoms. The number of guanidine groups is 1. The summed E-state index contributed by atoms with van der Waals surface area (Å²) in [7, 11) is 1.72. The smallest absolute Gasteiger partial charge is 0.219 e. The van der Waals surface area contributed by atoms with Gasteiger partial charge in [-0.05, 0) is 42.3 Å². The molecule has 172 valence electrons. The molecule has 0 aliphatic heterocycles. The van der Waals surface area contributed by atoms with Crippen molar-refractivity contribution in [1.29, 1.82) is 0 Å². The highest BCUT2D eigenvalue weighted by molar-refractivity contribution is 14.0. The first-order valence-electron chi connectivity index (χ1n) is 10.2. The van der Waals surface area contributed by atoms with Crippen LogP contribution >= 0.6 is 24.0 Å². The molecule has 0 amide bonds. The Hall–Kier alpha value is -1.98. The van der Waals surface area contributed by atoms with Crippen LogP contribution in [0.25, 0.3) is 0 Å². The van der Waals surface area contributed by atoms with Crippen molar-refractivity contribution >= 4 is 29.9 Å². The maximum Gasteiger partial charge on any atom is 0.219 e. The lowest BCUT2D eigenvalue weighted by atomic mass is 10.2. The van der Waals surface area contributed by atoms with Crippen LogP contribution in [0.5, 0.6) is 11.6 Å². The lowest BCUT2D eigenvalue weighted by Crippen LogP contribution is -2.38. The number of nitrogens with one attached hydrogen (secondary N) is 2. The van der Waals surface area contributed by atoms with E-state index >= 15 is 0 Å². The Morgan fingerprint density at radius 2 is 1.77 bits per heavy atom. The number of halogens is 2. The minimum Gasteiger partial charge on any atom is -0.439 e. The van der Waals surface area contributed by atoms with Crippen LogP contribution in [0, 0.1) is 5.82 Å². The number of benzene rings is 1. The lowest BCUT2D eigenvalue weighted by molar-refractivity contribution is 0.0487. The van der Waals surface area contributed by atoms with E-state index in [1.54, 1.807) is 25.4 Å². The second kappa shape index (κ2) is 16.7. The van der Waals surface area contributed by atoms with Gasteiger partial charge in [-0.15, -0.1) is 24.0 Å². The zero-order valence-corrected chi connectivity index (χ0v) is 20.4. The van der Waals surface area contributed by atoms with Gasteiger partial charge >= 0.3 is 0 Å². The van der Waals surface area contributed by atoms with Crippen LogP contribution in [-0.2, 0) is 16.0 Å². The molecule has 2 N–H and O–H groups in total. The lowest BCUT2D eigenvalue weighted by Gasteiger charge is -2.13. The molecule has 7 nitrogen and oxygen atoms in total. The largest absolute Gasteiger partial charge is 0.439 e. The normalized spacial score (nSPS) is 11.0. The van der Waals surface area contributed by atoms with Crippen LogP contribution < -0.4 is 15.4 Å². The average Bonchev–Trinajstić information content (AvgIpc) is 2.76. The number of pyridine rings is 1. The Labute approximate surface area is 200 Å².